The summed E-state index contributed by atoms with van der Waals surface area (Å²) in [4.78, 5) is 0. The van der Waals surface area contributed by atoms with Gasteiger partial charge in [0.05, 0.1) is 11.6 Å². The fourth-order valence-corrected chi connectivity index (χ4v) is 3.01. The molecule has 0 spiro atoms. The smallest absolute Gasteiger partial charge is 0.130 e. The van der Waals surface area contributed by atoms with Gasteiger partial charge in [0.15, 0.2) is 0 Å². The Morgan fingerprint density at radius 3 is 2.32 bits per heavy atom. The molecular formula is C15H21F2NO. The van der Waals surface area contributed by atoms with E-state index in [4.69, 9.17) is 10.5 Å². The van der Waals surface area contributed by atoms with E-state index in [-0.39, 0.29) is 0 Å². The van der Waals surface area contributed by atoms with Crippen molar-refractivity contribution in [2.45, 2.75) is 50.2 Å². The van der Waals surface area contributed by atoms with E-state index < -0.39 is 23.3 Å². The Morgan fingerprint density at radius 2 is 1.79 bits per heavy atom. The van der Waals surface area contributed by atoms with Crippen LogP contribution in [0.4, 0.5) is 8.78 Å². The Balaban J connectivity index is 2.31. The lowest BCUT2D eigenvalue weighted by molar-refractivity contribution is -0.0449. The predicted octanol–water partition coefficient (Wildman–Crippen LogP) is 3.70. The zero-order valence-corrected chi connectivity index (χ0v) is 11.3. The molecule has 0 bridgehead atoms. The van der Waals surface area contributed by atoms with Crippen LogP contribution in [0.3, 0.4) is 0 Å². The van der Waals surface area contributed by atoms with Crippen LogP contribution in [-0.4, -0.2) is 12.7 Å². The minimum absolute atomic E-state index is 0.338. The first kappa shape index (κ1) is 14.4. The molecule has 0 radical (unpaired) electrons. The van der Waals surface area contributed by atoms with Gasteiger partial charge >= 0.3 is 0 Å². The summed E-state index contributed by atoms with van der Waals surface area (Å²) < 4.78 is 32.5. The lowest BCUT2D eigenvalue weighted by Gasteiger charge is -2.37. The molecule has 1 aliphatic rings. The van der Waals surface area contributed by atoms with Crippen molar-refractivity contribution in [2.75, 3.05) is 7.11 Å². The zero-order valence-electron chi connectivity index (χ0n) is 11.3. The first-order chi connectivity index (χ1) is 9.09. The van der Waals surface area contributed by atoms with E-state index in [0.29, 0.717) is 5.56 Å². The van der Waals surface area contributed by atoms with Crippen LogP contribution < -0.4 is 5.73 Å². The molecule has 0 amide bonds. The van der Waals surface area contributed by atoms with Crippen molar-refractivity contribution in [3.05, 3.63) is 35.4 Å². The largest absolute Gasteiger partial charge is 0.376 e. The Morgan fingerprint density at radius 1 is 1.16 bits per heavy atom. The number of methoxy groups -OCH3 is 1. The van der Waals surface area contributed by atoms with E-state index in [0.717, 1.165) is 44.6 Å². The summed E-state index contributed by atoms with van der Waals surface area (Å²) in [6, 6.07) is 3.00. The molecule has 1 aromatic carbocycles. The second kappa shape index (κ2) is 5.97. The minimum Gasteiger partial charge on any atom is -0.376 e. The number of halogens is 2. The van der Waals surface area contributed by atoms with Gasteiger partial charge in [0.2, 0.25) is 0 Å². The summed E-state index contributed by atoms with van der Waals surface area (Å²) in [6.07, 6.45) is 6.02. The second-order valence-electron chi connectivity index (χ2n) is 5.33. The van der Waals surface area contributed by atoms with Gasteiger partial charge in [-0.15, -0.1) is 0 Å². The summed E-state index contributed by atoms with van der Waals surface area (Å²) >= 11 is 0. The summed E-state index contributed by atoms with van der Waals surface area (Å²) in [5.41, 5.74) is 6.05. The number of rotatable bonds is 3. The molecule has 106 valence electrons. The van der Waals surface area contributed by atoms with Crippen LogP contribution in [0.25, 0.3) is 0 Å². The molecule has 2 nitrogen and oxygen atoms in total. The van der Waals surface area contributed by atoms with Crippen molar-refractivity contribution in [3.63, 3.8) is 0 Å². The number of hydrogen-bond acceptors (Lipinski definition) is 2. The molecule has 0 heterocycles. The van der Waals surface area contributed by atoms with Crippen molar-refractivity contribution in [1.29, 1.82) is 0 Å². The molecule has 4 heteroatoms. The number of nitrogens with two attached hydrogens (primary N) is 1. The molecular weight excluding hydrogens is 248 g/mol. The lowest BCUT2D eigenvalue weighted by Crippen LogP contribution is -2.43. The quantitative estimate of drug-likeness (QED) is 0.849. The van der Waals surface area contributed by atoms with Crippen molar-refractivity contribution < 1.29 is 13.5 Å². The maximum Gasteiger partial charge on any atom is 0.130 e. The molecule has 0 saturated heterocycles. The fraction of sp³-hybridized carbons (Fsp3) is 0.600. The van der Waals surface area contributed by atoms with E-state index in [9.17, 15) is 8.78 Å². The summed E-state index contributed by atoms with van der Waals surface area (Å²) in [7, 11) is 1.63. The van der Waals surface area contributed by atoms with Crippen molar-refractivity contribution >= 4 is 0 Å². The third kappa shape index (κ3) is 2.95. The van der Waals surface area contributed by atoms with Gasteiger partial charge in [-0.05, 0) is 18.9 Å². The van der Waals surface area contributed by atoms with E-state index in [2.05, 4.69) is 0 Å². The van der Waals surface area contributed by atoms with Crippen LogP contribution >= 0.6 is 0 Å². The monoisotopic (exact) mass is 269 g/mol. The first-order valence-electron chi connectivity index (χ1n) is 6.85. The molecule has 1 atom stereocenters. The highest BCUT2D eigenvalue weighted by molar-refractivity contribution is 5.25. The van der Waals surface area contributed by atoms with Gasteiger partial charge in [-0.2, -0.15) is 0 Å². The Bertz CT molecular complexity index is 428. The molecule has 1 aromatic rings. The Hall–Kier alpha value is -1.00. The third-order valence-electron chi connectivity index (χ3n) is 4.22. The van der Waals surface area contributed by atoms with Crippen molar-refractivity contribution in [3.8, 4) is 0 Å². The molecule has 0 aliphatic heterocycles. The molecule has 2 N–H and O–H groups in total. The van der Waals surface area contributed by atoms with E-state index in [1.165, 1.54) is 12.1 Å². The van der Waals surface area contributed by atoms with Crippen molar-refractivity contribution in [1.82, 2.24) is 0 Å². The van der Waals surface area contributed by atoms with Gasteiger partial charge in [-0.25, -0.2) is 8.78 Å². The van der Waals surface area contributed by atoms with Crippen LogP contribution in [-0.2, 0) is 4.74 Å². The van der Waals surface area contributed by atoms with Gasteiger partial charge in [-0.3, -0.25) is 0 Å². The zero-order chi connectivity index (χ0) is 13.9. The van der Waals surface area contributed by atoms with Crippen LogP contribution in [0.15, 0.2) is 18.2 Å². The number of hydrogen-bond donors (Lipinski definition) is 1. The normalized spacial score (nSPS) is 20.8. The topological polar surface area (TPSA) is 35.2 Å². The maximum atomic E-state index is 13.9. The van der Waals surface area contributed by atoms with Crippen LogP contribution in [0.5, 0.6) is 0 Å². The van der Waals surface area contributed by atoms with Crippen LogP contribution in [0.2, 0.25) is 0 Å². The average Bonchev–Trinajstić information content (AvgIpc) is 2.64. The number of benzene rings is 1. The van der Waals surface area contributed by atoms with E-state index in [1.54, 1.807) is 7.11 Å². The highest BCUT2D eigenvalue weighted by atomic mass is 19.1. The summed E-state index contributed by atoms with van der Waals surface area (Å²) in [6.45, 7) is 0. The third-order valence-corrected chi connectivity index (χ3v) is 4.22. The van der Waals surface area contributed by atoms with Crippen LogP contribution in [0.1, 0.15) is 50.1 Å². The molecule has 1 fully saturated rings. The Labute approximate surface area is 112 Å². The fourth-order valence-electron chi connectivity index (χ4n) is 3.01. The SMILES string of the molecule is COC1(C(N)c2ccc(F)cc2F)CCCCCC1. The van der Waals surface area contributed by atoms with Gasteiger partial charge in [-0.1, -0.05) is 31.7 Å². The predicted molar refractivity (Wildman–Crippen MR) is 70.7 cm³/mol. The molecule has 19 heavy (non-hydrogen) atoms. The van der Waals surface area contributed by atoms with Gasteiger partial charge in [0.1, 0.15) is 11.6 Å². The molecule has 0 aromatic heterocycles. The molecule has 1 saturated carbocycles. The van der Waals surface area contributed by atoms with E-state index >= 15 is 0 Å². The standard InChI is InChI=1S/C15H21F2NO/c1-19-15(8-4-2-3-5-9-15)14(18)12-7-6-11(16)10-13(12)17/h6-7,10,14H,2-5,8-9,18H2,1H3. The lowest BCUT2D eigenvalue weighted by atomic mass is 9.82. The van der Waals surface area contributed by atoms with Crippen molar-refractivity contribution in [2.24, 2.45) is 5.73 Å². The maximum absolute atomic E-state index is 13.9. The first-order valence-corrected chi connectivity index (χ1v) is 6.85. The van der Waals surface area contributed by atoms with Gasteiger partial charge in [0.25, 0.3) is 0 Å². The second-order valence-corrected chi connectivity index (χ2v) is 5.33. The molecule has 2 rings (SSSR count). The minimum atomic E-state index is -0.590. The highest BCUT2D eigenvalue weighted by Crippen LogP contribution is 2.39. The summed E-state index contributed by atoms with van der Waals surface area (Å²) in [5.74, 6) is -1.17. The average molecular weight is 269 g/mol. The van der Waals surface area contributed by atoms with Crippen LogP contribution in [0, 0.1) is 11.6 Å². The molecule has 1 unspecified atom stereocenters. The number of ether oxygens (including phenoxy) is 1. The summed E-state index contributed by atoms with van der Waals surface area (Å²) in [5, 5.41) is 0. The van der Waals surface area contributed by atoms with E-state index in [1.807, 2.05) is 0 Å². The Kier molecular flexibility index (Phi) is 4.53. The molecule has 1 aliphatic carbocycles. The van der Waals surface area contributed by atoms with Gasteiger partial charge < -0.3 is 10.5 Å². The highest BCUT2D eigenvalue weighted by Gasteiger charge is 2.39. The van der Waals surface area contributed by atoms with Gasteiger partial charge in [0, 0.05) is 18.7 Å².